The van der Waals surface area contributed by atoms with E-state index < -0.39 is 16.1 Å². The molecule has 8 heteroatoms. The molecule has 0 radical (unpaired) electrons. The Morgan fingerprint density at radius 1 is 1.12 bits per heavy atom. The van der Waals surface area contributed by atoms with E-state index in [0.29, 0.717) is 24.6 Å². The minimum Gasteiger partial charge on any atom is -0.493 e. The summed E-state index contributed by atoms with van der Waals surface area (Å²) in [5.41, 5.74) is 0. The van der Waals surface area contributed by atoms with Gasteiger partial charge in [0.25, 0.3) is 0 Å². The second-order valence-corrected chi connectivity index (χ2v) is 8.11. The van der Waals surface area contributed by atoms with Gasteiger partial charge in [-0.25, -0.2) is 8.42 Å². The summed E-state index contributed by atoms with van der Waals surface area (Å²) in [5, 5.41) is 0. The van der Waals surface area contributed by atoms with Crippen LogP contribution in [0.4, 0.5) is 0 Å². The highest BCUT2D eigenvalue weighted by molar-refractivity contribution is 7.89. The summed E-state index contributed by atoms with van der Waals surface area (Å²) in [6.45, 7) is 5.02. The predicted octanol–water partition coefficient (Wildman–Crippen LogP) is 1.63. The van der Waals surface area contributed by atoms with Crippen LogP contribution in [-0.4, -0.2) is 52.6 Å². The van der Waals surface area contributed by atoms with Crippen molar-refractivity contribution < 1.29 is 22.7 Å². The van der Waals surface area contributed by atoms with Crippen LogP contribution in [-0.2, 0) is 14.8 Å². The van der Waals surface area contributed by atoms with Gasteiger partial charge in [-0.05, 0) is 30.9 Å². The van der Waals surface area contributed by atoms with Crippen molar-refractivity contribution in [3.8, 4) is 11.5 Å². The average Bonchev–Trinajstić information content (AvgIpc) is 3.12. The molecule has 2 rings (SSSR count). The van der Waals surface area contributed by atoms with Crippen LogP contribution in [0.3, 0.4) is 0 Å². The Hall–Kier alpha value is -1.80. The maximum atomic E-state index is 12.8. The van der Waals surface area contributed by atoms with Gasteiger partial charge in [0.2, 0.25) is 15.9 Å². The minimum absolute atomic E-state index is 0.0324. The summed E-state index contributed by atoms with van der Waals surface area (Å²) in [5.74, 6) is 0.423. The molecule has 7 nitrogen and oxygen atoms in total. The smallest absolute Gasteiger partial charge is 0.241 e. The maximum absolute atomic E-state index is 12.8. The van der Waals surface area contributed by atoms with E-state index in [1.807, 2.05) is 13.8 Å². The van der Waals surface area contributed by atoms with E-state index in [4.69, 9.17) is 9.47 Å². The number of ether oxygens (including phenoxy) is 2. The van der Waals surface area contributed by atoms with Crippen molar-refractivity contribution >= 4 is 15.9 Å². The molecule has 140 valence electrons. The molecule has 1 N–H and O–H groups in total. The third-order valence-corrected chi connectivity index (χ3v) is 5.74. The number of hydrogen-bond donors (Lipinski definition) is 1. The van der Waals surface area contributed by atoms with Gasteiger partial charge in [0.05, 0.1) is 19.1 Å². The summed E-state index contributed by atoms with van der Waals surface area (Å²) in [7, 11) is -0.950. The molecule has 1 saturated heterocycles. The number of nitrogens with zero attached hydrogens (tertiary/aromatic N) is 1. The van der Waals surface area contributed by atoms with Gasteiger partial charge in [0, 0.05) is 19.2 Å². The third-order valence-electron chi connectivity index (χ3n) is 4.30. The Bertz CT molecular complexity index is 712. The fourth-order valence-electron chi connectivity index (χ4n) is 2.82. The number of amides is 1. The molecule has 1 heterocycles. The van der Waals surface area contributed by atoms with Crippen molar-refractivity contribution in [2.45, 2.75) is 37.6 Å². The summed E-state index contributed by atoms with van der Waals surface area (Å²) < 4.78 is 38.4. The van der Waals surface area contributed by atoms with Gasteiger partial charge < -0.3 is 14.4 Å². The average molecular weight is 370 g/mol. The summed E-state index contributed by atoms with van der Waals surface area (Å²) in [6, 6.07) is 3.55. The van der Waals surface area contributed by atoms with E-state index in [0.717, 1.165) is 12.8 Å². The van der Waals surface area contributed by atoms with E-state index in [1.165, 1.54) is 32.4 Å². The molecule has 1 aromatic rings. The molecule has 0 bridgehead atoms. The van der Waals surface area contributed by atoms with Gasteiger partial charge in [-0.2, -0.15) is 4.72 Å². The van der Waals surface area contributed by atoms with Crippen LogP contribution in [0.2, 0.25) is 0 Å². The van der Waals surface area contributed by atoms with Crippen LogP contribution in [0.15, 0.2) is 23.1 Å². The first kappa shape index (κ1) is 19.5. The minimum atomic E-state index is -3.87. The van der Waals surface area contributed by atoms with Crippen molar-refractivity contribution in [3.63, 3.8) is 0 Å². The lowest BCUT2D eigenvalue weighted by Gasteiger charge is -2.26. The van der Waals surface area contributed by atoms with Crippen molar-refractivity contribution in [3.05, 3.63) is 18.2 Å². The fraction of sp³-hybridized carbons (Fsp3) is 0.588. The van der Waals surface area contributed by atoms with Crippen molar-refractivity contribution in [1.29, 1.82) is 0 Å². The molecular weight excluding hydrogens is 344 g/mol. The largest absolute Gasteiger partial charge is 0.493 e. The van der Waals surface area contributed by atoms with Crippen molar-refractivity contribution in [1.82, 2.24) is 9.62 Å². The Labute approximate surface area is 149 Å². The maximum Gasteiger partial charge on any atom is 0.241 e. The number of carbonyl (C=O) groups is 1. The van der Waals surface area contributed by atoms with Crippen molar-refractivity contribution in [2.24, 2.45) is 5.92 Å². The van der Waals surface area contributed by atoms with Crippen LogP contribution in [0, 0.1) is 5.92 Å². The standard InChI is InChI=1S/C17H26N2O5S/c1-12(2)16(17(20)19-9-5-6-10-19)18-25(21,22)13-7-8-14(23-3)15(11-13)24-4/h7-8,11-12,16,18H,5-6,9-10H2,1-4H3/t16-/m0/s1. The summed E-state index contributed by atoms with van der Waals surface area (Å²) in [6.07, 6.45) is 1.91. The molecule has 0 saturated carbocycles. The Kier molecular flexibility index (Phi) is 6.29. The summed E-state index contributed by atoms with van der Waals surface area (Å²) in [4.78, 5) is 14.4. The molecule has 0 aromatic heterocycles. The second-order valence-electron chi connectivity index (χ2n) is 6.39. The Morgan fingerprint density at radius 2 is 1.72 bits per heavy atom. The monoisotopic (exact) mass is 370 g/mol. The molecular formula is C17H26N2O5S. The topological polar surface area (TPSA) is 84.9 Å². The van der Waals surface area contributed by atoms with E-state index in [-0.39, 0.29) is 16.7 Å². The number of sulfonamides is 1. The number of likely N-dealkylation sites (tertiary alicyclic amines) is 1. The molecule has 25 heavy (non-hydrogen) atoms. The summed E-state index contributed by atoms with van der Waals surface area (Å²) >= 11 is 0. The van der Waals surface area contributed by atoms with E-state index in [9.17, 15) is 13.2 Å². The normalized spacial score (nSPS) is 16.1. The number of nitrogens with one attached hydrogen (secondary N) is 1. The quantitative estimate of drug-likeness (QED) is 0.788. The molecule has 1 aromatic carbocycles. The number of methoxy groups -OCH3 is 2. The number of rotatable bonds is 7. The first-order valence-electron chi connectivity index (χ1n) is 8.33. The van der Waals surface area contributed by atoms with Gasteiger partial charge >= 0.3 is 0 Å². The first-order valence-corrected chi connectivity index (χ1v) is 9.81. The number of hydrogen-bond acceptors (Lipinski definition) is 5. The van der Waals surface area contributed by atoms with Gasteiger partial charge in [-0.1, -0.05) is 13.8 Å². The Balaban J connectivity index is 2.26. The zero-order valence-electron chi connectivity index (χ0n) is 15.1. The van der Waals surface area contributed by atoms with E-state index in [2.05, 4.69) is 4.72 Å². The molecule has 0 spiro atoms. The van der Waals surface area contributed by atoms with Gasteiger partial charge in [0.1, 0.15) is 6.04 Å². The molecule has 1 aliphatic heterocycles. The van der Waals surface area contributed by atoms with Gasteiger partial charge in [-0.15, -0.1) is 0 Å². The van der Waals surface area contributed by atoms with Crippen molar-refractivity contribution in [2.75, 3.05) is 27.3 Å². The zero-order valence-corrected chi connectivity index (χ0v) is 15.9. The van der Waals surface area contributed by atoms with Crippen LogP contribution >= 0.6 is 0 Å². The highest BCUT2D eigenvalue weighted by Gasteiger charge is 2.32. The fourth-order valence-corrected chi connectivity index (χ4v) is 4.18. The second kappa shape index (κ2) is 8.05. The van der Waals surface area contributed by atoms with Gasteiger partial charge in [0.15, 0.2) is 11.5 Å². The lowest BCUT2D eigenvalue weighted by atomic mass is 10.0. The molecule has 1 atom stereocenters. The van der Waals surface area contributed by atoms with E-state index in [1.54, 1.807) is 4.90 Å². The molecule has 1 amide bonds. The van der Waals surface area contributed by atoms with Crippen LogP contribution in [0.1, 0.15) is 26.7 Å². The van der Waals surface area contributed by atoms with Gasteiger partial charge in [-0.3, -0.25) is 4.79 Å². The molecule has 1 fully saturated rings. The predicted molar refractivity (Wildman–Crippen MR) is 94.3 cm³/mol. The first-order chi connectivity index (χ1) is 11.8. The lowest BCUT2D eigenvalue weighted by molar-refractivity contribution is -0.132. The SMILES string of the molecule is COc1ccc(S(=O)(=O)N[C@H](C(=O)N2CCCC2)C(C)C)cc1OC. The molecule has 1 aliphatic rings. The van der Waals surface area contributed by atoms with E-state index >= 15 is 0 Å². The highest BCUT2D eigenvalue weighted by atomic mass is 32.2. The number of carbonyl (C=O) groups excluding carboxylic acids is 1. The highest BCUT2D eigenvalue weighted by Crippen LogP contribution is 2.29. The van der Waals surface area contributed by atoms with Crippen LogP contribution in [0.25, 0.3) is 0 Å². The van der Waals surface area contributed by atoms with Crippen LogP contribution in [0.5, 0.6) is 11.5 Å². The molecule has 0 unspecified atom stereocenters. The third kappa shape index (κ3) is 4.43. The lowest BCUT2D eigenvalue weighted by Crippen LogP contribution is -2.50. The van der Waals surface area contributed by atoms with Crippen LogP contribution < -0.4 is 14.2 Å². The molecule has 0 aliphatic carbocycles. The number of benzene rings is 1. The zero-order chi connectivity index (χ0) is 18.6. The Morgan fingerprint density at radius 3 is 2.24 bits per heavy atom.